The third-order valence-electron chi connectivity index (χ3n) is 3.52. The van der Waals surface area contributed by atoms with Gasteiger partial charge >= 0.3 is 11.7 Å². The molecule has 3 aromatic rings. The van der Waals surface area contributed by atoms with Crippen molar-refractivity contribution >= 4 is 28.5 Å². The molecular weight excluding hydrogens is 336 g/mol. The van der Waals surface area contributed by atoms with Crippen molar-refractivity contribution in [3.63, 3.8) is 0 Å². The molecule has 0 aliphatic heterocycles. The van der Waals surface area contributed by atoms with Crippen LogP contribution < -0.4 is 11.2 Å². The van der Waals surface area contributed by atoms with E-state index in [1.807, 2.05) is 0 Å². The van der Waals surface area contributed by atoms with Crippen molar-refractivity contribution in [3.8, 4) is 5.82 Å². The van der Waals surface area contributed by atoms with Crippen molar-refractivity contribution in [1.29, 1.82) is 0 Å². The Morgan fingerprint density at radius 2 is 2.12 bits per heavy atom. The van der Waals surface area contributed by atoms with Gasteiger partial charge in [0.2, 0.25) is 5.82 Å². The van der Waals surface area contributed by atoms with Crippen LogP contribution in [0.4, 0.5) is 0 Å². The van der Waals surface area contributed by atoms with Gasteiger partial charge in [-0.05, 0) is 25.1 Å². The molecule has 9 heteroatoms. The molecule has 0 fully saturated rings. The molecule has 2 aromatic heterocycles. The summed E-state index contributed by atoms with van der Waals surface area (Å²) in [5, 5.41) is 0.659. The normalized spacial score (nSPS) is 11.0. The summed E-state index contributed by atoms with van der Waals surface area (Å²) in [5.74, 6) is -0.266. The third-order valence-corrected chi connectivity index (χ3v) is 3.75. The van der Waals surface area contributed by atoms with Crippen molar-refractivity contribution in [2.45, 2.75) is 6.92 Å². The summed E-state index contributed by atoms with van der Waals surface area (Å²) in [5.41, 5.74) is -0.862. The lowest BCUT2D eigenvalue weighted by molar-refractivity contribution is 0.0508. The van der Waals surface area contributed by atoms with Gasteiger partial charge in [-0.2, -0.15) is 0 Å². The molecular formula is C15H13ClN4O4. The minimum Gasteiger partial charge on any atom is -0.460 e. The van der Waals surface area contributed by atoms with Gasteiger partial charge in [0.05, 0.1) is 23.7 Å². The van der Waals surface area contributed by atoms with Crippen LogP contribution in [-0.4, -0.2) is 31.7 Å². The number of hydrogen-bond acceptors (Lipinski definition) is 5. The molecule has 0 saturated carbocycles. The maximum Gasteiger partial charge on any atom is 0.374 e. The largest absolute Gasteiger partial charge is 0.460 e. The highest BCUT2D eigenvalue weighted by Crippen LogP contribution is 2.19. The van der Waals surface area contributed by atoms with Gasteiger partial charge in [0.25, 0.3) is 5.56 Å². The molecule has 0 aliphatic carbocycles. The minimum atomic E-state index is -0.659. The maximum atomic E-state index is 12.3. The zero-order valence-electron chi connectivity index (χ0n) is 12.9. The number of fused-ring (bicyclic) bond motifs is 1. The van der Waals surface area contributed by atoms with Crippen molar-refractivity contribution in [1.82, 2.24) is 19.1 Å². The van der Waals surface area contributed by atoms with Crippen molar-refractivity contribution < 1.29 is 9.53 Å². The first kappa shape index (κ1) is 16.0. The van der Waals surface area contributed by atoms with E-state index in [4.69, 9.17) is 16.3 Å². The van der Waals surface area contributed by atoms with E-state index in [9.17, 15) is 14.4 Å². The number of ether oxygens (including phenoxy) is 1. The predicted octanol–water partition coefficient (Wildman–Crippen LogP) is 1.24. The molecule has 8 nitrogen and oxygen atoms in total. The number of rotatable bonds is 3. The Balaban J connectivity index is 2.32. The molecule has 0 aliphatic rings. The lowest BCUT2D eigenvalue weighted by Crippen LogP contribution is -2.30. The number of imidazole rings is 1. The zero-order chi connectivity index (χ0) is 17.4. The van der Waals surface area contributed by atoms with Crippen LogP contribution in [0.5, 0.6) is 0 Å². The van der Waals surface area contributed by atoms with Gasteiger partial charge in [-0.3, -0.25) is 9.78 Å². The summed E-state index contributed by atoms with van der Waals surface area (Å²) < 4.78 is 7.57. The number of benzene rings is 1. The van der Waals surface area contributed by atoms with Crippen molar-refractivity contribution in [3.05, 3.63) is 56.1 Å². The number of halogens is 1. The van der Waals surface area contributed by atoms with E-state index in [0.717, 1.165) is 0 Å². The number of H-pyrrole nitrogens is 1. The molecule has 24 heavy (non-hydrogen) atoms. The lowest BCUT2D eigenvalue weighted by atomic mass is 10.2. The zero-order valence-corrected chi connectivity index (χ0v) is 13.6. The van der Waals surface area contributed by atoms with Gasteiger partial charge < -0.3 is 9.30 Å². The Kier molecular flexibility index (Phi) is 3.98. The van der Waals surface area contributed by atoms with Gasteiger partial charge in [0.1, 0.15) is 5.82 Å². The molecule has 0 saturated heterocycles. The highest BCUT2D eigenvalue weighted by Gasteiger charge is 2.19. The number of carbonyl (C=O) groups is 1. The first-order chi connectivity index (χ1) is 11.4. The van der Waals surface area contributed by atoms with Crippen LogP contribution >= 0.6 is 11.6 Å². The molecule has 1 N–H and O–H groups in total. The number of esters is 1. The van der Waals surface area contributed by atoms with Crippen LogP contribution in [0.15, 0.2) is 34.0 Å². The first-order valence-corrected chi connectivity index (χ1v) is 7.45. The number of nitrogens with zero attached hydrogens (tertiary/aromatic N) is 3. The summed E-state index contributed by atoms with van der Waals surface area (Å²) in [6.45, 7) is 1.89. The number of hydrogen-bond donors (Lipinski definition) is 1. The van der Waals surface area contributed by atoms with E-state index in [-0.39, 0.29) is 17.8 Å². The molecule has 2 heterocycles. The fourth-order valence-electron chi connectivity index (χ4n) is 2.43. The third kappa shape index (κ3) is 2.50. The fourth-order valence-corrected chi connectivity index (χ4v) is 2.60. The Labute approximate surface area is 140 Å². The van der Waals surface area contributed by atoms with Crippen LogP contribution in [0.3, 0.4) is 0 Å². The molecule has 124 valence electrons. The maximum absolute atomic E-state index is 12.3. The number of nitrogens with one attached hydrogen (secondary N) is 1. The Bertz CT molecular complexity index is 1060. The standard InChI is InChI=1S/C15H13ClN4O4/c1-3-24-14(22)12-17-7-11(19(12)2)20-10-6-8(16)4-5-9(10)13(21)18-15(20)23/h4-7H,3H2,1-2H3,(H,18,21,23). The SMILES string of the molecule is CCOC(=O)c1ncc(-n2c(=O)[nH]c(=O)c3ccc(Cl)cc32)n1C. The number of aromatic amines is 1. The van der Waals surface area contributed by atoms with E-state index < -0.39 is 17.2 Å². The predicted molar refractivity (Wildman–Crippen MR) is 87.9 cm³/mol. The molecule has 0 radical (unpaired) electrons. The Morgan fingerprint density at radius 3 is 2.83 bits per heavy atom. The van der Waals surface area contributed by atoms with E-state index in [1.54, 1.807) is 20.0 Å². The summed E-state index contributed by atoms with van der Waals surface area (Å²) >= 11 is 6.00. The van der Waals surface area contributed by atoms with E-state index >= 15 is 0 Å². The Morgan fingerprint density at radius 1 is 1.38 bits per heavy atom. The molecule has 0 spiro atoms. The quantitative estimate of drug-likeness (QED) is 0.718. The van der Waals surface area contributed by atoms with Crippen LogP contribution in [0.1, 0.15) is 17.5 Å². The second-order valence-electron chi connectivity index (χ2n) is 4.98. The highest BCUT2D eigenvalue weighted by molar-refractivity contribution is 6.31. The molecule has 1 aromatic carbocycles. The lowest BCUT2D eigenvalue weighted by Gasteiger charge is -2.11. The summed E-state index contributed by atoms with van der Waals surface area (Å²) in [6, 6.07) is 4.58. The van der Waals surface area contributed by atoms with Gasteiger partial charge in [0, 0.05) is 12.1 Å². The second kappa shape index (κ2) is 5.97. The average molecular weight is 349 g/mol. The number of aromatic nitrogens is 4. The monoisotopic (exact) mass is 348 g/mol. The summed E-state index contributed by atoms with van der Waals surface area (Å²) in [7, 11) is 1.57. The molecule has 0 unspecified atom stereocenters. The summed E-state index contributed by atoms with van der Waals surface area (Å²) in [4.78, 5) is 42.4. The van der Waals surface area contributed by atoms with Gasteiger partial charge in [-0.15, -0.1) is 0 Å². The van der Waals surface area contributed by atoms with Crippen molar-refractivity contribution in [2.75, 3.05) is 6.61 Å². The Hall–Kier alpha value is -2.87. The second-order valence-corrected chi connectivity index (χ2v) is 5.41. The van der Waals surface area contributed by atoms with Gasteiger partial charge in [-0.25, -0.2) is 19.1 Å². The van der Waals surface area contributed by atoms with Crippen LogP contribution in [-0.2, 0) is 11.8 Å². The molecule has 0 atom stereocenters. The van der Waals surface area contributed by atoms with Crippen LogP contribution in [0.25, 0.3) is 16.7 Å². The topological polar surface area (TPSA) is 99.0 Å². The average Bonchev–Trinajstić information content (AvgIpc) is 2.89. The van der Waals surface area contributed by atoms with Gasteiger partial charge in [0.15, 0.2) is 0 Å². The van der Waals surface area contributed by atoms with Crippen LogP contribution in [0.2, 0.25) is 5.02 Å². The number of carbonyl (C=O) groups excluding carboxylic acids is 1. The fraction of sp³-hybridized carbons (Fsp3) is 0.200. The molecule has 0 bridgehead atoms. The first-order valence-electron chi connectivity index (χ1n) is 7.08. The minimum absolute atomic E-state index is 0.0418. The van der Waals surface area contributed by atoms with E-state index in [2.05, 4.69) is 9.97 Å². The smallest absolute Gasteiger partial charge is 0.374 e. The molecule has 0 amide bonds. The van der Waals surface area contributed by atoms with E-state index in [0.29, 0.717) is 16.4 Å². The van der Waals surface area contributed by atoms with Crippen molar-refractivity contribution in [2.24, 2.45) is 7.05 Å². The van der Waals surface area contributed by atoms with E-state index in [1.165, 1.54) is 27.5 Å². The summed E-state index contributed by atoms with van der Waals surface area (Å²) in [6.07, 6.45) is 1.35. The molecule has 3 rings (SSSR count). The van der Waals surface area contributed by atoms with Gasteiger partial charge in [-0.1, -0.05) is 11.6 Å². The highest BCUT2D eigenvalue weighted by atomic mass is 35.5. The van der Waals surface area contributed by atoms with Crippen LogP contribution in [0, 0.1) is 0 Å².